The summed E-state index contributed by atoms with van der Waals surface area (Å²) in [6, 6.07) is 12.7. The van der Waals surface area contributed by atoms with Gasteiger partial charge in [0.15, 0.2) is 5.84 Å². The van der Waals surface area contributed by atoms with Gasteiger partial charge in [-0.25, -0.2) is 4.98 Å². The number of pyridine rings is 1. The van der Waals surface area contributed by atoms with Crippen molar-refractivity contribution >= 4 is 21.5 Å². The fraction of sp³-hybridized carbons (Fsp3) is 0.278. The molecule has 2 aliphatic heterocycles. The minimum atomic E-state index is -3.61. The van der Waals surface area contributed by atoms with Crippen LogP contribution in [-0.4, -0.2) is 50.3 Å². The van der Waals surface area contributed by atoms with E-state index in [1.54, 1.807) is 30.5 Å². The van der Waals surface area contributed by atoms with Crippen LogP contribution in [0.2, 0.25) is 0 Å². The van der Waals surface area contributed by atoms with Crippen molar-refractivity contribution in [2.24, 2.45) is 4.40 Å². The smallest absolute Gasteiger partial charge is 0.285 e. The number of aromatic nitrogens is 1. The zero-order chi connectivity index (χ0) is 18.3. The Balaban J connectivity index is 1.55. The van der Waals surface area contributed by atoms with Crippen LogP contribution < -0.4 is 4.90 Å². The average Bonchev–Trinajstić information content (AvgIpc) is 3.25. The predicted molar refractivity (Wildman–Crippen MR) is 97.5 cm³/mol. The van der Waals surface area contributed by atoms with Crippen molar-refractivity contribution in [2.75, 3.05) is 25.0 Å². The first kappa shape index (κ1) is 16.5. The van der Waals surface area contributed by atoms with Gasteiger partial charge in [0.1, 0.15) is 16.7 Å². The van der Waals surface area contributed by atoms with Crippen LogP contribution in [0.15, 0.2) is 51.9 Å². The predicted octanol–water partition coefficient (Wildman–Crippen LogP) is 1.61. The van der Waals surface area contributed by atoms with E-state index in [4.69, 9.17) is 5.26 Å². The molecule has 4 rings (SSSR count). The summed E-state index contributed by atoms with van der Waals surface area (Å²) >= 11 is 0. The van der Waals surface area contributed by atoms with Crippen molar-refractivity contribution < 1.29 is 8.42 Å². The van der Waals surface area contributed by atoms with Gasteiger partial charge in [-0.3, -0.25) is 0 Å². The molecule has 0 saturated carbocycles. The molecule has 0 radical (unpaired) electrons. The lowest BCUT2D eigenvalue weighted by Gasteiger charge is -2.27. The summed E-state index contributed by atoms with van der Waals surface area (Å²) in [6.45, 7) is 1.58. The Morgan fingerprint density at radius 3 is 2.81 bits per heavy atom. The molecule has 0 spiro atoms. The standard InChI is InChI=1S/C18H17N5O2S/c1-22(18-16-4-2-3-5-17(16)26(24,25)21-18)15-8-9-23(12-15)14-7-6-13(10-19)20-11-14/h2-7,11,15H,8-9,12H2,1H3. The lowest BCUT2D eigenvalue weighted by atomic mass is 10.1. The Labute approximate surface area is 152 Å². The van der Waals surface area contributed by atoms with Gasteiger partial charge in [0, 0.05) is 31.7 Å². The van der Waals surface area contributed by atoms with E-state index >= 15 is 0 Å². The molecule has 8 heteroatoms. The lowest BCUT2D eigenvalue weighted by Crippen LogP contribution is -2.39. The molecule has 1 atom stereocenters. The molecule has 132 valence electrons. The van der Waals surface area contributed by atoms with E-state index in [0.29, 0.717) is 17.1 Å². The Kier molecular flexibility index (Phi) is 3.89. The summed E-state index contributed by atoms with van der Waals surface area (Å²) in [6.07, 6.45) is 2.59. The van der Waals surface area contributed by atoms with Gasteiger partial charge in [-0.2, -0.15) is 13.7 Å². The number of hydrogen-bond donors (Lipinski definition) is 0. The molecule has 0 amide bonds. The van der Waals surface area contributed by atoms with E-state index in [1.165, 1.54) is 0 Å². The Morgan fingerprint density at radius 1 is 1.27 bits per heavy atom. The molecule has 0 aliphatic carbocycles. The van der Waals surface area contributed by atoms with Crippen LogP contribution in [-0.2, 0) is 10.0 Å². The van der Waals surface area contributed by atoms with E-state index in [1.807, 2.05) is 30.1 Å². The molecule has 1 fully saturated rings. The third-order valence-corrected chi connectivity index (χ3v) is 6.21. The number of nitrogens with zero attached hydrogens (tertiary/aromatic N) is 5. The summed E-state index contributed by atoms with van der Waals surface area (Å²) < 4.78 is 28.5. The maximum Gasteiger partial charge on any atom is 0.285 e. The molecule has 2 aromatic rings. The van der Waals surface area contributed by atoms with E-state index in [-0.39, 0.29) is 10.9 Å². The summed E-state index contributed by atoms with van der Waals surface area (Å²) in [5.41, 5.74) is 2.01. The molecule has 1 aromatic carbocycles. The van der Waals surface area contributed by atoms with Gasteiger partial charge in [0.2, 0.25) is 0 Å². The van der Waals surface area contributed by atoms with Gasteiger partial charge in [0.25, 0.3) is 10.0 Å². The molecule has 26 heavy (non-hydrogen) atoms. The van der Waals surface area contributed by atoms with Crippen LogP contribution in [0.5, 0.6) is 0 Å². The first-order valence-corrected chi connectivity index (χ1v) is 9.72. The quantitative estimate of drug-likeness (QED) is 0.801. The second-order valence-electron chi connectivity index (χ2n) is 6.40. The average molecular weight is 367 g/mol. The highest BCUT2D eigenvalue weighted by Gasteiger charge is 2.35. The van der Waals surface area contributed by atoms with Crippen LogP contribution in [0.4, 0.5) is 5.69 Å². The topological polar surface area (TPSA) is 89.7 Å². The molecule has 0 bridgehead atoms. The molecular formula is C18H17N5O2S. The van der Waals surface area contributed by atoms with E-state index in [0.717, 1.165) is 25.2 Å². The van der Waals surface area contributed by atoms with Crippen molar-refractivity contribution in [2.45, 2.75) is 17.4 Å². The van der Waals surface area contributed by atoms with Gasteiger partial charge in [-0.05, 0) is 30.7 Å². The summed E-state index contributed by atoms with van der Waals surface area (Å²) in [4.78, 5) is 8.53. The fourth-order valence-electron chi connectivity index (χ4n) is 3.45. The van der Waals surface area contributed by atoms with Gasteiger partial charge >= 0.3 is 0 Å². The number of hydrogen-bond acceptors (Lipinski definition) is 6. The van der Waals surface area contributed by atoms with Crippen LogP contribution in [0.3, 0.4) is 0 Å². The molecule has 1 unspecified atom stereocenters. The highest BCUT2D eigenvalue weighted by Crippen LogP contribution is 2.30. The first-order valence-electron chi connectivity index (χ1n) is 8.28. The SMILES string of the molecule is CN(C1=NS(=O)(=O)c2ccccc21)C1CCN(c2ccc(C#N)nc2)C1. The highest BCUT2D eigenvalue weighted by molar-refractivity contribution is 7.90. The largest absolute Gasteiger partial charge is 0.368 e. The monoisotopic (exact) mass is 367 g/mol. The normalized spacial score (nSPS) is 20.4. The maximum absolute atomic E-state index is 12.3. The minimum absolute atomic E-state index is 0.144. The summed E-state index contributed by atoms with van der Waals surface area (Å²) in [7, 11) is -1.72. The zero-order valence-corrected chi connectivity index (χ0v) is 15.0. The molecule has 7 nitrogen and oxygen atoms in total. The number of rotatable bonds is 2. The third kappa shape index (κ3) is 2.70. The van der Waals surface area contributed by atoms with Crippen molar-refractivity contribution in [3.63, 3.8) is 0 Å². The van der Waals surface area contributed by atoms with E-state index in [2.05, 4.69) is 14.3 Å². The third-order valence-electron chi connectivity index (χ3n) is 4.89. The molecule has 0 N–H and O–H groups in total. The second kappa shape index (κ2) is 6.11. The molecular weight excluding hydrogens is 350 g/mol. The van der Waals surface area contributed by atoms with Gasteiger partial charge in [0.05, 0.1) is 11.9 Å². The number of fused-ring (bicyclic) bond motifs is 1. The molecule has 2 aliphatic rings. The number of amidine groups is 1. The Morgan fingerprint density at radius 2 is 2.08 bits per heavy atom. The van der Waals surface area contributed by atoms with Crippen molar-refractivity contribution in [1.29, 1.82) is 5.26 Å². The van der Waals surface area contributed by atoms with Gasteiger partial charge in [-0.1, -0.05) is 12.1 Å². The summed E-state index contributed by atoms with van der Waals surface area (Å²) in [5.74, 6) is 0.505. The van der Waals surface area contributed by atoms with E-state index < -0.39 is 10.0 Å². The number of sulfonamides is 1. The van der Waals surface area contributed by atoms with Crippen LogP contribution in [0, 0.1) is 11.3 Å². The second-order valence-corrected chi connectivity index (χ2v) is 7.97. The van der Waals surface area contributed by atoms with Crippen LogP contribution in [0.25, 0.3) is 0 Å². The first-order chi connectivity index (χ1) is 12.5. The highest BCUT2D eigenvalue weighted by atomic mass is 32.2. The molecule has 3 heterocycles. The van der Waals surface area contributed by atoms with Crippen molar-refractivity contribution in [3.8, 4) is 6.07 Å². The van der Waals surface area contributed by atoms with Crippen LogP contribution >= 0.6 is 0 Å². The zero-order valence-electron chi connectivity index (χ0n) is 14.2. The van der Waals surface area contributed by atoms with Gasteiger partial charge < -0.3 is 9.80 Å². The maximum atomic E-state index is 12.3. The molecule has 1 saturated heterocycles. The van der Waals surface area contributed by atoms with Crippen LogP contribution in [0.1, 0.15) is 17.7 Å². The minimum Gasteiger partial charge on any atom is -0.368 e. The number of anilines is 1. The van der Waals surface area contributed by atoms with Crippen molar-refractivity contribution in [3.05, 3.63) is 53.9 Å². The number of nitriles is 1. The number of benzene rings is 1. The summed E-state index contributed by atoms with van der Waals surface area (Å²) in [5, 5.41) is 8.86. The van der Waals surface area contributed by atoms with Crippen molar-refractivity contribution in [1.82, 2.24) is 9.88 Å². The van der Waals surface area contributed by atoms with Gasteiger partial charge in [-0.15, -0.1) is 4.40 Å². The fourth-order valence-corrected chi connectivity index (χ4v) is 4.69. The van der Waals surface area contributed by atoms with E-state index in [9.17, 15) is 8.42 Å². The Hall–Kier alpha value is -2.92. The Bertz CT molecular complexity index is 1020. The lowest BCUT2D eigenvalue weighted by molar-refractivity contribution is 0.393. The molecule has 1 aromatic heterocycles. The number of likely N-dealkylation sites (N-methyl/N-ethyl adjacent to an activating group) is 1.